The van der Waals surface area contributed by atoms with E-state index in [2.05, 4.69) is 20.6 Å². The minimum Gasteiger partial charge on any atom is -0.381 e. The fourth-order valence-corrected chi connectivity index (χ4v) is 4.43. The number of anilines is 1. The predicted molar refractivity (Wildman–Crippen MR) is 116 cm³/mol. The Hall–Kier alpha value is -3.71. The number of aromatic nitrogens is 4. The van der Waals surface area contributed by atoms with Gasteiger partial charge < -0.3 is 11.1 Å². The summed E-state index contributed by atoms with van der Waals surface area (Å²) in [5.41, 5.74) is 8.43. The van der Waals surface area contributed by atoms with Crippen LogP contribution >= 0.6 is 11.3 Å². The number of nitrogen functional groups attached to an aromatic ring is 1. The van der Waals surface area contributed by atoms with Gasteiger partial charge in [0.15, 0.2) is 5.82 Å². The van der Waals surface area contributed by atoms with E-state index in [9.17, 15) is 9.18 Å². The number of amides is 1. The lowest BCUT2D eigenvalue weighted by atomic mass is 10.1. The van der Waals surface area contributed by atoms with Gasteiger partial charge in [0.05, 0.1) is 22.8 Å². The number of H-pyrrole nitrogens is 1. The molecule has 8 nitrogen and oxygen atoms in total. The zero-order valence-electron chi connectivity index (χ0n) is 16.8. The minimum absolute atomic E-state index is 0.154. The van der Waals surface area contributed by atoms with Crippen LogP contribution in [0.25, 0.3) is 10.2 Å². The molecule has 0 bridgehead atoms. The van der Waals surface area contributed by atoms with Crippen LogP contribution < -0.4 is 11.1 Å². The smallest absolute Gasteiger partial charge is 0.261 e. The third-order valence-electron chi connectivity index (χ3n) is 4.95. The molecule has 1 aromatic carbocycles. The van der Waals surface area contributed by atoms with E-state index in [1.165, 1.54) is 23.5 Å². The molecule has 10 heteroatoms. The van der Waals surface area contributed by atoms with Crippen molar-refractivity contribution < 1.29 is 9.18 Å². The highest BCUT2D eigenvalue weighted by molar-refractivity contribution is 7.20. The van der Waals surface area contributed by atoms with Crippen LogP contribution in [0.2, 0.25) is 0 Å². The van der Waals surface area contributed by atoms with Crippen molar-refractivity contribution in [3.05, 3.63) is 63.5 Å². The summed E-state index contributed by atoms with van der Waals surface area (Å²) in [6, 6.07) is 10.2. The number of thiophene rings is 1. The maximum Gasteiger partial charge on any atom is 0.261 e. The number of nitriles is 1. The molecule has 0 aliphatic rings. The highest BCUT2D eigenvalue weighted by Crippen LogP contribution is 2.29. The van der Waals surface area contributed by atoms with Crippen LogP contribution in [-0.4, -0.2) is 32.4 Å². The maximum atomic E-state index is 13.1. The van der Waals surface area contributed by atoms with Gasteiger partial charge in [-0.25, -0.2) is 4.39 Å². The maximum absolute atomic E-state index is 13.1. The van der Waals surface area contributed by atoms with Gasteiger partial charge in [0.25, 0.3) is 5.91 Å². The zero-order valence-corrected chi connectivity index (χ0v) is 17.6. The second-order valence-corrected chi connectivity index (χ2v) is 8.16. The summed E-state index contributed by atoms with van der Waals surface area (Å²) in [5.74, 6) is -0.240. The predicted octanol–water partition coefficient (Wildman–Crippen LogP) is 3.13. The van der Waals surface area contributed by atoms with Crippen molar-refractivity contribution in [3.63, 3.8) is 0 Å². The molecule has 0 aliphatic carbocycles. The fraction of sp³-hybridized carbons (Fsp3) is 0.238. The molecule has 31 heavy (non-hydrogen) atoms. The van der Waals surface area contributed by atoms with E-state index in [1.807, 2.05) is 23.7 Å². The van der Waals surface area contributed by atoms with Crippen molar-refractivity contribution in [1.82, 2.24) is 25.3 Å². The van der Waals surface area contributed by atoms with Crippen LogP contribution in [0.1, 0.15) is 38.6 Å². The molecule has 1 amide bonds. The molecule has 0 radical (unpaired) electrons. The molecule has 0 aliphatic heterocycles. The molecule has 0 atom stereocenters. The number of hydrogen-bond acceptors (Lipinski definition) is 6. The Morgan fingerprint density at radius 1 is 1.39 bits per heavy atom. The number of rotatable bonds is 7. The number of aryl methyl sites for hydroxylation is 2. The fourth-order valence-electron chi connectivity index (χ4n) is 3.35. The summed E-state index contributed by atoms with van der Waals surface area (Å²) in [4.78, 5) is 14.1. The van der Waals surface area contributed by atoms with Crippen LogP contribution in [0.3, 0.4) is 0 Å². The third-order valence-corrected chi connectivity index (χ3v) is 6.09. The second-order valence-electron chi connectivity index (χ2n) is 7.13. The lowest BCUT2D eigenvalue weighted by Crippen LogP contribution is -2.24. The molecule has 0 spiro atoms. The largest absolute Gasteiger partial charge is 0.381 e. The molecule has 0 saturated heterocycles. The van der Waals surface area contributed by atoms with Gasteiger partial charge in [-0.05, 0) is 43.5 Å². The Kier molecular flexibility index (Phi) is 5.68. The molecule has 3 heterocycles. The van der Waals surface area contributed by atoms with E-state index < -0.39 is 0 Å². The first kappa shape index (κ1) is 20.6. The topological polar surface area (TPSA) is 125 Å². The first-order valence-electron chi connectivity index (χ1n) is 9.68. The number of fused-ring (bicyclic) bond motifs is 1. The Balaban J connectivity index is 1.40. The molecule has 0 unspecified atom stereocenters. The number of nitrogens with zero attached hydrogens (tertiary/aromatic N) is 4. The van der Waals surface area contributed by atoms with Gasteiger partial charge in [-0.15, -0.1) is 11.3 Å². The van der Waals surface area contributed by atoms with E-state index in [4.69, 9.17) is 11.0 Å². The van der Waals surface area contributed by atoms with Crippen molar-refractivity contribution in [2.24, 2.45) is 0 Å². The highest BCUT2D eigenvalue weighted by Gasteiger charge is 2.17. The Bertz CT molecular complexity index is 1280. The standard InChI is InChI=1S/C21H20FN7OS/c1-12-15-9-18(20(30)25-8-2-3-17-16(10-23)19(24)27-26-17)31-21(15)29(28-12)11-13-4-6-14(22)7-5-13/h4-7,9H,2-3,8,11H2,1H3,(H,25,30)(H3,24,26,27). The first-order chi connectivity index (χ1) is 15.0. The molecule has 0 fully saturated rings. The van der Waals surface area contributed by atoms with Crippen LogP contribution in [0.4, 0.5) is 10.2 Å². The van der Waals surface area contributed by atoms with E-state index in [0.717, 1.165) is 21.5 Å². The third kappa shape index (κ3) is 4.27. The number of nitrogens with one attached hydrogen (secondary N) is 2. The van der Waals surface area contributed by atoms with Gasteiger partial charge >= 0.3 is 0 Å². The number of hydrogen-bond donors (Lipinski definition) is 3. The van der Waals surface area contributed by atoms with Crippen molar-refractivity contribution in [1.29, 1.82) is 5.26 Å². The van der Waals surface area contributed by atoms with E-state index in [-0.39, 0.29) is 17.5 Å². The van der Waals surface area contributed by atoms with Gasteiger partial charge in [-0.1, -0.05) is 12.1 Å². The van der Waals surface area contributed by atoms with Crippen molar-refractivity contribution in [2.75, 3.05) is 12.3 Å². The number of halogens is 1. The molecule has 4 aromatic rings. The number of carbonyl (C=O) groups excluding carboxylic acids is 1. The molecule has 0 saturated carbocycles. The SMILES string of the molecule is Cc1nn(Cc2ccc(F)cc2)c2sc(C(=O)NCCCc3[nH]nc(N)c3C#N)cc12. The highest BCUT2D eigenvalue weighted by atomic mass is 32.1. The van der Waals surface area contributed by atoms with Crippen molar-refractivity contribution >= 4 is 33.3 Å². The molecule has 4 N–H and O–H groups in total. The molecule has 158 valence electrons. The van der Waals surface area contributed by atoms with Crippen LogP contribution in [0.15, 0.2) is 30.3 Å². The number of nitrogens with two attached hydrogens (primary N) is 1. The summed E-state index contributed by atoms with van der Waals surface area (Å²) >= 11 is 1.38. The Labute approximate surface area is 181 Å². The van der Waals surface area contributed by atoms with Gasteiger partial charge in [-0.3, -0.25) is 14.6 Å². The average Bonchev–Trinajstić information content (AvgIpc) is 3.42. The monoisotopic (exact) mass is 437 g/mol. The molecule has 3 aromatic heterocycles. The van der Waals surface area contributed by atoms with E-state index in [1.54, 1.807) is 12.1 Å². The average molecular weight is 438 g/mol. The number of benzene rings is 1. The Morgan fingerprint density at radius 2 is 2.16 bits per heavy atom. The lowest BCUT2D eigenvalue weighted by Gasteiger charge is -2.04. The minimum atomic E-state index is -0.277. The van der Waals surface area contributed by atoms with Crippen LogP contribution in [0, 0.1) is 24.1 Å². The molecule has 4 rings (SSSR count). The number of carbonyl (C=O) groups is 1. The normalized spacial score (nSPS) is 11.0. The van der Waals surface area contributed by atoms with Gasteiger partial charge in [0, 0.05) is 11.9 Å². The lowest BCUT2D eigenvalue weighted by molar-refractivity contribution is 0.0957. The summed E-state index contributed by atoms with van der Waals surface area (Å²) in [7, 11) is 0. The van der Waals surface area contributed by atoms with Crippen LogP contribution in [-0.2, 0) is 13.0 Å². The summed E-state index contributed by atoms with van der Waals surface area (Å²) in [6.45, 7) is 2.86. The second kappa shape index (κ2) is 8.57. The van der Waals surface area contributed by atoms with Gasteiger partial charge in [0.1, 0.15) is 22.3 Å². The first-order valence-corrected chi connectivity index (χ1v) is 10.5. The molecular formula is C21H20FN7OS. The van der Waals surface area contributed by atoms with E-state index in [0.29, 0.717) is 42.1 Å². The summed E-state index contributed by atoms with van der Waals surface area (Å²) < 4.78 is 15.0. The molecular weight excluding hydrogens is 417 g/mol. The Morgan fingerprint density at radius 3 is 2.90 bits per heavy atom. The summed E-state index contributed by atoms with van der Waals surface area (Å²) in [6.07, 6.45) is 1.20. The van der Waals surface area contributed by atoms with E-state index >= 15 is 0 Å². The zero-order chi connectivity index (χ0) is 22.0. The van der Waals surface area contributed by atoms with Gasteiger partial charge in [0.2, 0.25) is 0 Å². The van der Waals surface area contributed by atoms with Gasteiger partial charge in [-0.2, -0.15) is 15.5 Å². The van der Waals surface area contributed by atoms with Crippen molar-refractivity contribution in [2.45, 2.75) is 26.3 Å². The quantitative estimate of drug-likeness (QED) is 0.383. The van der Waals surface area contributed by atoms with Crippen molar-refractivity contribution in [3.8, 4) is 6.07 Å². The number of aromatic amines is 1. The van der Waals surface area contributed by atoms with Crippen LogP contribution in [0.5, 0.6) is 0 Å². The summed E-state index contributed by atoms with van der Waals surface area (Å²) in [5, 5.41) is 24.1.